The molecule has 0 radical (unpaired) electrons. The third-order valence-corrected chi connectivity index (χ3v) is 3.52. The Bertz CT molecular complexity index is 79.1. The van der Waals surface area contributed by atoms with Gasteiger partial charge in [-0.25, -0.2) is 0 Å². The SMILES string of the molecule is C=CC[O][Zr]([Cl])([Cl])[Cl]. The summed E-state index contributed by atoms with van der Waals surface area (Å²) in [6.45, 7) is 3.74. The fourth-order valence-electron chi connectivity index (χ4n) is 0.153. The molecule has 0 aromatic carbocycles. The fraction of sp³-hybridized carbons (Fsp3) is 0.333. The zero-order valence-electron chi connectivity index (χ0n) is 4.03. The molecule has 0 rings (SSSR count). The van der Waals surface area contributed by atoms with Gasteiger partial charge in [0, 0.05) is 0 Å². The molecule has 8 heavy (non-hydrogen) atoms. The van der Waals surface area contributed by atoms with Crippen molar-refractivity contribution in [2.24, 2.45) is 0 Å². The van der Waals surface area contributed by atoms with E-state index in [2.05, 4.69) is 6.58 Å². The van der Waals surface area contributed by atoms with Crippen molar-refractivity contribution in [3.63, 3.8) is 0 Å². The molecule has 0 spiro atoms. The van der Waals surface area contributed by atoms with Crippen molar-refractivity contribution in [3.8, 4) is 0 Å². The molecule has 0 atom stereocenters. The zero-order valence-corrected chi connectivity index (χ0v) is 8.76. The van der Waals surface area contributed by atoms with Gasteiger partial charge in [-0.1, -0.05) is 0 Å². The van der Waals surface area contributed by atoms with E-state index in [1.54, 1.807) is 6.08 Å². The maximum atomic E-state index is 5.38. The van der Waals surface area contributed by atoms with Gasteiger partial charge in [-0.3, -0.25) is 0 Å². The minimum atomic E-state index is -3.46. The summed E-state index contributed by atoms with van der Waals surface area (Å²) in [4.78, 5) is 0. The van der Waals surface area contributed by atoms with Crippen molar-refractivity contribution in [2.45, 2.75) is 0 Å². The number of halogens is 3. The van der Waals surface area contributed by atoms with E-state index in [-0.39, 0.29) is 0 Å². The zero-order chi connectivity index (χ0) is 6.62. The molecule has 0 saturated carbocycles. The van der Waals surface area contributed by atoms with Crippen LogP contribution in [0.4, 0.5) is 0 Å². The number of rotatable bonds is 3. The molecule has 0 aliphatic rings. The summed E-state index contributed by atoms with van der Waals surface area (Å²) in [6, 6.07) is 0. The van der Waals surface area contributed by atoms with Crippen LogP contribution in [0.15, 0.2) is 12.7 Å². The molecule has 0 saturated heterocycles. The Labute approximate surface area is 64.2 Å². The summed E-state index contributed by atoms with van der Waals surface area (Å²) in [5, 5.41) is 0. The van der Waals surface area contributed by atoms with Crippen molar-refractivity contribution in [1.82, 2.24) is 0 Å². The molecule has 0 unspecified atom stereocenters. The average molecular weight is 255 g/mol. The predicted molar refractivity (Wildman–Crippen MR) is 33.7 cm³/mol. The first kappa shape index (κ1) is 9.45. The van der Waals surface area contributed by atoms with Gasteiger partial charge in [0.25, 0.3) is 0 Å². The summed E-state index contributed by atoms with van der Waals surface area (Å²) in [7, 11) is 16.1. The Kier molecular flexibility index (Phi) is 5.08. The van der Waals surface area contributed by atoms with E-state index in [4.69, 9.17) is 28.4 Å². The first-order valence-corrected chi connectivity index (χ1v) is 12.4. The van der Waals surface area contributed by atoms with E-state index in [0.717, 1.165) is 0 Å². The summed E-state index contributed by atoms with van der Waals surface area (Å²) in [6.07, 6.45) is 1.55. The van der Waals surface area contributed by atoms with Gasteiger partial charge in [-0.05, 0) is 0 Å². The van der Waals surface area contributed by atoms with Crippen LogP contribution in [0.3, 0.4) is 0 Å². The van der Waals surface area contributed by atoms with Gasteiger partial charge in [-0.2, -0.15) is 0 Å². The number of hydrogen-bond donors (Lipinski definition) is 0. The van der Waals surface area contributed by atoms with Crippen LogP contribution in [0, 0.1) is 0 Å². The topological polar surface area (TPSA) is 9.23 Å². The molecule has 0 fully saturated rings. The molecule has 5 heteroatoms. The Balaban J connectivity index is 3.24. The molecule has 0 amide bonds. The van der Waals surface area contributed by atoms with Crippen LogP contribution in [-0.4, -0.2) is 6.61 Å². The van der Waals surface area contributed by atoms with Crippen LogP contribution in [0.1, 0.15) is 0 Å². The van der Waals surface area contributed by atoms with Gasteiger partial charge in [0.05, 0.1) is 0 Å². The first-order chi connectivity index (χ1) is 3.56. The third-order valence-electron chi connectivity index (χ3n) is 0.365. The fourth-order valence-corrected chi connectivity index (χ4v) is 2.03. The molecular formula is C3H5Cl3OZr. The van der Waals surface area contributed by atoms with Gasteiger partial charge in [0.1, 0.15) is 0 Å². The van der Waals surface area contributed by atoms with Crippen LogP contribution in [0.5, 0.6) is 0 Å². The summed E-state index contributed by atoms with van der Waals surface area (Å²) >= 11 is -3.46. The van der Waals surface area contributed by atoms with Crippen LogP contribution in [0.2, 0.25) is 0 Å². The summed E-state index contributed by atoms with van der Waals surface area (Å²) in [5.41, 5.74) is 0. The van der Waals surface area contributed by atoms with E-state index in [1.807, 2.05) is 0 Å². The van der Waals surface area contributed by atoms with Gasteiger partial charge in [0.2, 0.25) is 0 Å². The van der Waals surface area contributed by atoms with E-state index in [9.17, 15) is 0 Å². The van der Waals surface area contributed by atoms with Gasteiger partial charge in [-0.15, -0.1) is 0 Å². The molecule has 0 bridgehead atoms. The Morgan fingerprint density at radius 3 is 2.12 bits per heavy atom. The van der Waals surface area contributed by atoms with Crippen molar-refractivity contribution in [2.75, 3.05) is 6.61 Å². The molecule has 0 aromatic heterocycles. The third kappa shape index (κ3) is 7.45. The normalized spacial score (nSPS) is 11.4. The Hall–Kier alpha value is 1.45. The number of hydrogen-bond acceptors (Lipinski definition) is 1. The van der Waals surface area contributed by atoms with Crippen LogP contribution >= 0.6 is 25.5 Å². The molecular weight excluding hydrogens is 250 g/mol. The molecule has 0 aliphatic heterocycles. The van der Waals surface area contributed by atoms with Crippen LogP contribution < -0.4 is 0 Å². The van der Waals surface area contributed by atoms with Crippen molar-refractivity contribution < 1.29 is 19.9 Å². The molecule has 1 nitrogen and oxygen atoms in total. The van der Waals surface area contributed by atoms with Crippen LogP contribution in [-0.2, 0) is 19.9 Å². The van der Waals surface area contributed by atoms with E-state index < -0.39 is 17.1 Å². The molecule has 0 aliphatic carbocycles. The van der Waals surface area contributed by atoms with E-state index in [1.165, 1.54) is 0 Å². The molecule has 0 heterocycles. The van der Waals surface area contributed by atoms with Gasteiger partial charge in [0.15, 0.2) is 0 Å². The monoisotopic (exact) mass is 252 g/mol. The second kappa shape index (κ2) is 4.30. The minimum absolute atomic E-state index is 0.340. The van der Waals surface area contributed by atoms with Gasteiger partial charge >= 0.3 is 64.7 Å². The average Bonchev–Trinajstić information content (AvgIpc) is 1.59. The van der Waals surface area contributed by atoms with Crippen molar-refractivity contribution >= 4 is 25.5 Å². The maximum absolute atomic E-state index is 5.38. The predicted octanol–water partition coefficient (Wildman–Crippen LogP) is 2.72. The van der Waals surface area contributed by atoms with Crippen molar-refractivity contribution in [3.05, 3.63) is 12.7 Å². The quantitative estimate of drug-likeness (QED) is 0.704. The van der Waals surface area contributed by atoms with E-state index >= 15 is 0 Å². The van der Waals surface area contributed by atoms with Crippen molar-refractivity contribution in [1.29, 1.82) is 0 Å². The molecule has 0 N–H and O–H groups in total. The van der Waals surface area contributed by atoms with Gasteiger partial charge < -0.3 is 0 Å². The first-order valence-electron chi connectivity index (χ1n) is 1.88. The Morgan fingerprint density at radius 2 is 2.00 bits per heavy atom. The standard InChI is InChI=1S/C3H5O.3ClH.Zr/c1-2-3-4;;;;/h2H,1,3H2;3*1H;/q-1;;;;+4/p-3. The summed E-state index contributed by atoms with van der Waals surface area (Å²) in [5.74, 6) is 0. The Morgan fingerprint density at radius 1 is 1.50 bits per heavy atom. The van der Waals surface area contributed by atoms with E-state index in [0.29, 0.717) is 6.61 Å². The second-order valence-corrected chi connectivity index (χ2v) is 16.8. The molecule has 48 valence electrons. The second-order valence-electron chi connectivity index (χ2n) is 1.05. The van der Waals surface area contributed by atoms with Crippen LogP contribution in [0.25, 0.3) is 0 Å². The summed E-state index contributed by atoms with van der Waals surface area (Å²) < 4.78 is 4.77. The molecule has 0 aromatic rings.